The number of ketones is 2. The molecule has 1 aliphatic heterocycles. The van der Waals surface area contributed by atoms with Crippen LogP contribution in [0, 0.1) is 0 Å². The Labute approximate surface area is 241 Å². The fourth-order valence-corrected chi connectivity index (χ4v) is 6.62. The average Bonchev–Trinajstić information content (AvgIpc) is 2.92. The van der Waals surface area contributed by atoms with Crippen molar-refractivity contribution in [3.05, 3.63) is 74.0 Å². The molecule has 0 fully saturated rings. The predicted molar refractivity (Wildman–Crippen MR) is 153 cm³/mol. The van der Waals surface area contributed by atoms with Gasteiger partial charge in [-0.1, -0.05) is 23.7 Å². The van der Waals surface area contributed by atoms with E-state index in [1.54, 1.807) is 24.3 Å². The Morgan fingerprint density at radius 2 is 1.69 bits per heavy atom. The molecule has 39 heavy (non-hydrogen) atoms. The molecule has 2 aromatic rings. The van der Waals surface area contributed by atoms with Crippen LogP contribution in [-0.4, -0.2) is 42.6 Å². The van der Waals surface area contributed by atoms with Gasteiger partial charge in [0.05, 0.1) is 22.3 Å². The van der Waals surface area contributed by atoms with Crippen molar-refractivity contribution in [1.29, 1.82) is 0 Å². The number of benzene rings is 2. The van der Waals surface area contributed by atoms with Gasteiger partial charge >= 0.3 is 0 Å². The van der Waals surface area contributed by atoms with Crippen LogP contribution in [0.15, 0.2) is 63.4 Å². The van der Waals surface area contributed by atoms with E-state index in [0.717, 1.165) is 60.3 Å². The normalized spacial score (nSPS) is 17.7. The Kier molecular flexibility index (Phi) is 8.14. The molecule has 2 aromatic carbocycles. The van der Waals surface area contributed by atoms with Crippen molar-refractivity contribution in [1.82, 2.24) is 4.90 Å². The van der Waals surface area contributed by atoms with Crippen LogP contribution < -0.4 is 14.8 Å². The van der Waals surface area contributed by atoms with E-state index in [2.05, 4.69) is 33.1 Å². The summed E-state index contributed by atoms with van der Waals surface area (Å²) in [6.07, 6.45) is 4.21. The van der Waals surface area contributed by atoms with Crippen LogP contribution in [0.4, 0.5) is 5.69 Å². The Morgan fingerprint density at radius 3 is 2.28 bits per heavy atom. The third-order valence-corrected chi connectivity index (χ3v) is 8.40. The second kappa shape index (κ2) is 11.6. The van der Waals surface area contributed by atoms with Gasteiger partial charge in [-0.25, -0.2) is 0 Å². The fraction of sp³-hybridized carbons (Fsp3) is 0.367. The van der Waals surface area contributed by atoms with E-state index in [0.29, 0.717) is 39.5 Å². The maximum absolute atomic E-state index is 13.4. The molecule has 0 atom stereocenters. The SMILES string of the molecule is CCN1C2=C(C(=O)CCC2)C(c2cc(Br)c(OCC(=O)Nc3ccccc3Cl)c(OC)c2)C2=C1CCCC2=O. The second-order valence-electron chi connectivity index (χ2n) is 9.80. The Hall–Kier alpha value is -3.10. The number of rotatable bonds is 7. The van der Waals surface area contributed by atoms with Crippen LogP contribution in [0.5, 0.6) is 11.5 Å². The molecule has 1 amide bonds. The Balaban J connectivity index is 1.50. The van der Waals surface area contributed by atoms with E-state index in [1.807, 2.05) is 12.1 Å². The number of Topliss-reactive ketones (excluding diaryl/α,β-unsaturated/α-hetero) is 2. The first-order valence-electron chi connectivity index (χ1n) is 13.2. The molecule has 204 valence electrons. The highest BCUT2D eigenvalue weighted by atomic mass is 79.9. The van der Waals surface area contributed by atoms with E-state index < -0.39 is 5.92 Å². The summed E-state index contributed by atoms with van der Waals surface area (Å²) in [4.78, 5) is 41.5. The first kappa shape index (κ1) is 27.5. The number of hydrogen-bond donors (Lipinski definition) is 1. The first-order chi connectivity index (χ1) is 18.8. The number of anilines is 1. The molecule has 9 heteroatoms. The molecule has 1 N–H and O–H groups in total. The molecule has 0 spiro atoms. The first-order valence-corrected chi connectivity index (χ1v) is 14.4. The number of nitrogens with one attached hydrogen (secondary N) is 1. The molecule has 5 rings (SSSR count). The number of methoxy groups -OCH3 is 1. The molecule has 1 heterocycles. The highest BCUT2D eigenvalue weighted by molar-refractivity contribution is 9.10. The average molecular weight is 614 g/mol. The van der Waals surface area contributed by atoms with Crippen molar-refractivity contribution in [2.75, 3.05) is 25.6 Å². The summed E-state index contributed by atoms with van der Waals surface area (Å²) in [7, 11) is 1.52. The van der Waals surface area contributed by atoms with Gasteiger partial charge in [-0.3, -0.25) is 14.4 Å². The zero-order valence-electron chi connectivity index (χ0n) is 21.9. The zero-order chi connectivity index (χ0) is 27.7. The molecule has 0 radical (unpaired) electrons. The summed E-state index contributed by atoms with van der Waals surface area (Å²) < 4.78 is 12.1. The smallest absolute Gasteiger partial charge is 0.262 e. The number of allylic oxidation sites excluding steroid dienone is 4. The van der Waals surface area contributed by atoms with Crippen LogP contribution >= 0.6 is 27.5 Å². The third kappa shape index (κ3) is 5.24. The minimum Gasteiger partial charge on any atom is -0.493 e. The Morgan fingerprint density at radius 1 is 1.05 bits per heavy atom. The minimum atomic E-state index is -0.457. The number of amides is 1. The number of carbonyl (C=O) groups is 3. The largest absolute Gasteiger partial charge is 0.493 e. The summed E-state index contributed by atoms with van der Waals surface area (Å²) in [5.41, 5.74) is 4.80. The second-order valence-corrected chi connectivity index (χ2v) is 11.1. The number of halogens is 2. The van der Waals surface area contributed by atoms with Gasteiger partial charge in [-0.15, -0.1) is 0 Å². The lowest BCUT2D eigenvalue weighted by Gasteiger charge is -2.43. The number of carbonyl (C=O) groups excluding carboxylic acids is 3. The van der Waals surface area contributed by atoms with Gasteiger partial charge in [0.15, 0.2) is 29.7 Å². The summed E-state index contributed by atoms with van der Waals surface area (Å²) in [5, 5.41) is 3.17. The van der Waals surface area contributed by atoms with E-state index in [1.165, 1.54) is 7.11 Å². The van der Waals surface area contributed by atoms with Crippen LogP contribution in [0.3, 0.4) is 0 Å². The molecule has 0 saturated carbocycles. The number of para-hydroxylation sites is 1. The van der Waals surface area contributed by atoms with Gasteiger partial charge in [0.1, 0.15) is 0 Å². The Bertz CT molecular complexity index is 1370. The lowest BCUT2D eigenvalue weighted by atomic mass is 9.71. The van der Waals surface area contributed by atoms with Crippen molar-refractivity contribution < 1.29 is 23.9 Å². The van der Waals surface area contributed by atoms with Gasteiger partial charge in [0.25, 0.3) is 5.91 Å². The van der Waals surface area contributed by atoms with Crippen molar-refractivity contribution in [3.8, 4) is 11.5 Å². The maximum atomic E-state index is 13.4. The van der Waals surface area contributed by atoms with Crippen molar-refractivity contribution in [2.45, 2.75) is 51.4 Å². The van der Waals surface area contributed by atoms with E-state index in [-0.39, 0.29) is 24.1 Å². The molecule has 7 nitrogen and oxygen atoms in total. The molecule has 0 bridgehead atoms. The van der Waals surface area contributed by atoms with E-state index >= 15 is 0 Å². The summed E-state index contributed by atoms with van der Waals surface area (Å²) >= 11 is 9.74. The van der Waals surface area contributed by atoms with Crippen molar-refractivity contribution >= 4 is 50.7 Å². The third-order valence-electron chi connectivity index (χ3n) is 7.48. The van der Waals surface area contributed by atoms with Gasteiger partial charge in [0, 0.05) is 47.8 Å². The van der Waals surface area contributed by atoms with E-state index in [9.17, 15) is 14.4 Å². The molecule has 3 aliphatic rings. The molecule has 0 unspecified atom stereocenters. The van der Waals surface area contributed by atoms with Gasteiger partial charge in [-0.05, 0) is 78.4 Å². The monoisotopic (exact) mass is 612 g/mol. The minimum absolute atomic E-state index is 0.0938. The highest BCUT2D eigenvalue weighted by Crippen LogP contribution is 2.51. The lowest BCUT2D eigenvalue weighted by molar-refractivity contribution is -0.118. The van der Waals surface area contributed by atoms with Gasteiger partial charge in [-0.2, -0.15) is 0 Å². The van der Waals surface area contributed by atoms with E-state index in [4.69, 9.17) is 21.1 Å². The molecular weight excluding hydrogens is 584 g/mol. The van der Waals surface area contributed by atoms with Crippen LogP contribution in [-0.2, 0) is 14.4 Å². The van der Waals surface area contributed by atoms with Crippen LogP contribution in [0.1, 0.15) is 56.9 Å². The summed E-state index contributed by atoms with van der Waals surface area (Å²) in [6, 6.07) is 10.6. The van der Waals surface area contributed by atoms with Crippen LogP contribution in [0.25, 0.3) is 0 Å². The fourth-order valence-electron chi connectivity index (χ4n) is 5.86. The summed E-state index contributed by atoms with van der Waals surface area (Å²) in [6.45, 7) is 2.53. The molecule has 0 aromatic heterocycles. The molecule has 0 saturated heterocycles. The van der Waals surface area contributed by atoms with Gasteiger partial charge < -0.3 is 19.7 Å². The number of ether oxygens (including phenoxy) is 2. The molecule has 2 aliphatic carbocycles. The van der Waals surface area contributed by atoms with Gasteiger partial charge in [0.2, 0.25) is 0 Å². The lowest BCUT2D eigenvalue weighted by Crippen LogP contribution is -2.39. The van der Waals surface area contributed by atoms with Crippen LogP contribution in [0.2, 0.25) is 5.02 Å². The van der Waals surface area contributed by atoms with Crippen molar-refractivity contribution in [2.24, 2.45) is 0 Å². The summed E-state index contributed by atoms with van der Waals surface area (Å²) in [5.74, 6) is 0.112. The quantitative estimate of drug-likeness (QED) is 0.381. The van der Waals surface area contributed by atoms with Crippen molar-refractivity contribution in [3.63, 3.8) is 0 Å². The molecular formula is C30H30BrClN2O5. The standard InChI is InChI=1S/C30H30BrClN2O5/c1-3-34-21-10-6-12-23(35)28(21)27(29-22(34)11-7-13-24(29)36)17-14-18(31)30(25(15-17)38-2)39-16-26(37)33-20-9-5-4-8-19(20)32/h4-5,8-9,14-15,27H,3,6-7,10-13,16H2,1-2H3,(H,33,37). The highest BCUT2D eigenvalue weighted by Gasteiger charge is 2.43. The topological polar surface area (TPSA) is 84.9 Å². The maximum Gasteiger partial charge on any atom is 0.262 e. The number of nitrogens with zero attached hydrogens (tertiary/aromatic N) is 1. The zero-order valence-corrected chi connectivity index (χ0v) is 24.3. The predicted octanol–water partition coefficient (Wildman–Crippen LogP) is 6.56. The number of hydrogen-bond acceptors (Lipinski definition) is 6.